The van der Waals surface area contributed by atoms with Crippen LogP contribution in [0.3, 0.4) is 0 Å². The van der Waals surface area contributed by atoms with Crippen molar-refractivity contribution in [2.24, 2.45) is 0 Å². The molecule has 37 heavy (non-hydrogen) atoms. The summed E-state index contributed by atoms with van der Waals surface area (Å²) in [6.07, 6.45) is 3.13. The third-order valence-electron chi connectivity index (χ3n) is 6.17. The number of hydrogen-bond acceptors (Lipinski definition) is 4. The standard InChI is InChI=1S/C33H38N2O2/c1-4-10-28(11-5-1)24-34-26-30-14-18-32(19-15-30)36-22-8-3-9-23-37-33-20-16-31(17-21-33)27-35-25-29-12-6-2-7-13-29/h1-2,4-7,10-21,34-35H,3,8-9,22-27H2. The summed E-state index contributed by atoms with van der Waals surface area (Å²) in [6, 6.07) is 37.7. The van der Waals surface area contributed by atoms with Crippen LogP contribution in [-0.4, -0.2) is 13.2 Å². The molecule has 4 heteroatoms. The first-order valence-electron chi connectivity index (χ1n) is 13.3. The molecule has 4 rings (SSSR count). The highest BCUT2D eigenvalue weighted by Crippen LogP contribution is 2.15. The van der Waals surface area contributed by atoms with Gasteiger partial charge in [-0.3, -0.25) is 0 Å². The second-order valence-corrected chi connectivity index (χ2v) is 9.22. The fourth-order valence-corrected chi connectivity index (χ4v) is 4.06. The van der Waals surface area contributed by atoms with Gasteiger partial charge in [0, 0.05) is 26.2 Å². The predicted octanol–water partition coefficient (Wildman–Crippen LogP) is 6.89. The van der Waals surface area contributed by atoms with Crippen molar-refractivity contribution in [3.05, 3.63) is 131 Å². The zero-order chi connectivity index (χ0) is 25.4. The molecule has 0 aliphatic rings. The summed E-state index contributed by atoms with van der Waals surface area (Å²) < 4.78 is 11.8. The van der Waals surface area contributed by atoms with Crippen LogP contribution in [0.4, 0.5) is 0 Å². The van der Waals surface area contributed by atoms with E-state index in [9.17, 15) is 0 Å². The van der Waals surface area contributed by atoms with Crippen LogP contribution in [0.5, 0.6) is 11.5 Å². The Labute approximate surface area is 221 Å². The first-order valence-corrected chi connectivity index (χ1v) is 13.3. The summed E-state index contributed by atoms with van der Waals surface area (Å²) in [4.78, 5) is 0. The summed E-state index contributed by atoms with van der Waals surface area (Å²) in [6.45, 7) is 4.92. The van der Waals surface area contributed by atoms with Gasteiger partial charge in [0.25, 0.3) is 0 Å². The Balaban J connectivity index is 1.02. The average molecular weight is 495 g/mol. The Bertz CT molecular complexity index is 1040. The molecule has 0 aliphatic carbocycles. The second kappa shape index (κ2) is 15.5. The van der Waals surface area contributed by atoms with E-state index in [0.717, 1.165) is 70.2 Å². The van der Waals surface area contributed by atoms with Gasteiger partial charge in [0.15, 0.2) is 0 Å². The Kier molecular flexibility index (Phi) is 11.1. The van der Waals surface area contributed by atoms with Crippen molar-refractivity contribution in [2.45, 2.75) is 45.4 Å². The molecule has 0 aliphatic heterocycles. The molecule has 4 aromatic carbocycles. The van der Waals surface area contributed by atoms with E-state index in [4.69, 9.17) is 9.47 Å². The molecule has 4 nitrogen and oxygen atoms in total. The molecule has 0 atom stereocenters. The molecular weight excluding hydrogens is 456 g/mol. The Morgan fingerprint density at radius 2 is 0.730 bits per heavy atom. The van der Waals surface area contributed by atoms with E-state index in [1.54, 1.807) is 0 Å². The molecule has 0 aromatic heterocycles. The molecule has 0 saturated heterocycles. The lowest BCUT2D eigenvalue weighted by Crippen LogP contribution is -2.12. The van der Waals surface area contributed by atoms with Crippen LogP contribution in [0.1, 0.15) is 41.5 Å². The predicted molar refractivity (Wildman–Crippen MR) is 152 cm³/mol. The maximum absolute atomic E-state index is 5.91. The fraction of sp³-hybridized carbons (Fsp3) is 0.273. The van der Waals surface area contributed by atoms with Gasteiger partial charge in [-0.05, 0) is 65.8 Å². The lowest BCUT2D eigenvalue weighted by molar-refractivity contribution is 0.279. The van der Waals surface area contributed by atoms with E-state index in [-0.39, 0.29) is 0 Å². The van der Waals surface area contributed by atoms with Crippen molar-refractivity contribution in [1.82, 2.24) is 10.6 Å². The molecule has 0 spiro atoms. The zero-order valence-corrected chi connectivity index (χ0v) is 21.6. The van der Waals surface area contributed by atoms with E-state index >= 15 is 0 Å². The van der Waals surface area contributed by atoms with E-state index < -0.39 is 0 Å². The Morgan fingerprint density at radius 1 is 0.378 bits per heavy atom. The van der Waals surface area contributed by atoms with Crippen molar-refractivity contribution < 1.29 is 9.47 Å². The molecule has 0 amide bonds. The minimum absolute atomic E-state index is 0.732. The molecular formula is C33H38N2O2. The van der Waals surface area contributed by atoms with Gasteiger partial charge in [-0.1, -0.05) is 84.9 Å². The number of rotatable bonds is 16. The van der Waals surface area contributed by atoms with Gasteiger partial charge in [0.05, 0.1) is 13.2 Å². The van der Waals surface area contributed by atoms with Gasteiger partial charge in [0.2, 0.25) is 0 Å². The molecule has 4 aromatic rings. The van der Waals surface area contributed by atoms with Gasteiger partial charge in [0.1, 0.15) is 11.5 Å². The van der Waals surface area contributed by atoms with Gasteiger partial charge < -0.3 is 20.1 Å². The number of hydrogen-bond donors (Lipinski definition) is 2. The van der Waals surface area contributed by atoms with Gasteiger partial charge in [-0.15, -0.1) is 0 Å². The molecule has 192 valence electrons. The lowest BCUT2D eigenvalue weighted by atomic mass is 10.2. The van der Waals surface area contributed by atoms with Gasteiger partial charge in [-0.2, -0.15) is 0 Å². The van der Waals surface area contributed by atoms with Crippen molar-refractivity contribution in [3.8, 4) is 11.5 Å². The molecule has 0 unspecified atom stereocenters. The number of nitrogens with one attached hydrogen (secondary N) is 2. The Morgan fingerprint density at radius 3 is 1.11 bits per heavy atom. The van der Waals surface area contributed by atoms with E-state index in [1.807, 2.05) is 12.1 Å². The largest absolute Gasteiger partial charge is 0.494 e. The van der Waals surface area contributed by atoms with Crippen molar-refractivity contribution in [3.63, 3.8) is 0 Å². The maximum Gasteiger partial charge on any atom is 0.119 e. The average Bonchev–Trinajstić information content (AvgIpc) is 2.95. The van der Waals surface area contributed by atoms with Crippen LogP contribution in [0.15, 0.2) is 109 Å². The topological polar surface area (TPSA) is 42.5 Å². The highest BCUT2D eigenvalue weighted by Gasteiger charge is 1.99. The van der Waals surface area contributed by atoms with Crippen molar-refractivity contribution >= 4 is 0 Å². The molecule has 0 fully saturated rings. The first-order chi connectivity index (χ1) is 18.3. The van der Waals surface area contributed by atoms with Crippen LogP contribution in [0.2, 0.25) is 0 Å². The second-order valence-electron chi connectivity index (χ2n) is 9.22. The lowest BCUT2D eigenvalue weighted by Gasteiger charge is -2.09. The minimum Gasteiger partial charge on any atom is -0.494 e. The van der Waals surface area contributed by atoms with Crippen LogP contribution in [0.25, 0.3) is 0 Å². The third-order valence-corrected chi connectivity index (χ3v) is 6.17. The van der Waals surface area contributed by atoms with Crippen LogP contribution >= 0.6 is 0 Å². The normalized spacial score (nSPS) is 10.8. The van der Waals surface area contributed by atoms with Crippen LogP contribution < -0.4 is 20.1 Å². The van der Waals surface area contributed by atoms with Crippen LogP contribution in [0, 0.1) is 0 Å². The van der Waals surface area contributed by atoms with Crippen molar-refractivity contribution in [2.75, 3.05) is 13.2 Å². The third kappa shape index (κ3) is 10.1. The minimum atomic E-state index is 0.732. The first kappa shape index (κ1) is 26.5. The summed E-state index contributed by atoms with van der Waals surface area (Å²) >= 11 is 0. The van der Waals surface area contributed by atoms with Crippen LogP contribution in [-0.2, 0) is 26.2 Å². The van der Waals surface area contributed by atoms with E-state index in [0.29, 0.717) is 0 Å². The smallest absolute Gasteiger partial charge is 0.119 e. The van der Waals surface area contributed by atoms with Gasteiger partial charge >= 0.3 is 0 Å². The van der Waals surface area contributed by atoms with E-state index in [1.165, 1.54) is 22.3 Å². The zero-order valence-electron chi connectivity index (χ0n) is 21.6. The fourth-order valence-electron chi connectivity index (χ4n) is 4.06. The molecule has 0 radical (unpaired) electrons. The molecule has 2 N–H and O–H groups in total. The van der Waals surface area contributed by atoms with Crippen molar-refractivity contribution in [1.29, 1.82) is 0 Å². The highest BCUT2D eigenvalue weighted by molar-refractivity contribution is 5.28. The quantitative estimate of drug-likeness (QED) is 0.166. The monoisotopic (exact) mass is 494 g/mol. The number of benzene rings is 4. The molecule has 0 heterocycles. The number of unbranched alkanes of at least 4 members (excludes halogenated alkanes) is 2. The van der Waals surface area contributed by atoms with Gasteiger partial charge in [-0.25, -0.2) is 0 Å². The summed E-state index contributed by atoms with van der Waals surface area (Å²) in [5.74, 6) is 1.86. The molecule has 0 bridgehead atoms. The summed E-state index contributed by atoms with van der Waals surface area (Å²) in [5.41, 5.74) is 5.12. The SMILES string of the molecule is c1ccc(CNCc2ccc(OCCCCCOc3ccc(CNCc4ccccc4)cc3)cc2)cc1. The molecule has 0 saturated carbocycles. The highest BCUT2D eigenvalue weighted by atomic mass is 16.5. The maximum atomic E-state index is 5.91. The Hall–Kier alpha value is -3.60. The summed E-state index contributed by atoms with van der Waals surface area (Å²) in [7, 11) is 0. The van der Waals surface area contributed by atoms with E-state index in [2.05, 4.69) is 108 Å². The summed E-state index contributed by atoms with van der Waals surface area (Å²) in [5, 5.41) is 6.96. The number of ether oxygens (including phenoxy) is 2.